The van der Waals surface area contributed by atoms with Crippen LogP contribution in [0, 0.1) is 5.82 Å². The minimum Gasteiger partial charge on any atom is -0.383 e. The highest BCUT2D eigenvalue weighted by molar-refractivity contribution is 6.30. The Morgan fingerprint density at radius 3 is 2.60 bits per heavy atom. The zero-order valence-electron chi connectivity index (χ0n) is 11.5. The first-order valence-corrected chi connectivity index (χ1v) is 7.19. The average molecular weight is 294 g/mol. The van der Waals surface area contributed by atoms with Gasteiger partial charge < -0.3 is 10.3 Å². The van der Waals surface area contributed by atoms with Gasteiger partial charge in [0.2, 0.25) is 0 Å². The molecule has 20 heavy (non-hydrogen) atoms. The molecule has 2 N–H and O–H groups in total. The largest absolute Gasteiger partial charge is 0.383 e. The standard InChI is InChI=1S/C15H17ClFN3/c1-8(2)20-14(18)13(19-15(20)9-3-4-9)10-5-11(16)7-12(17)6-10/h5-9H,3-4,18H2,1-2H3. The van der Waals surface area contributed by atoms with Crippen LogP contribution in [-0.4, -0.2) is 9.55 Å². The van der Waals surface area contributed by atoms with Crippen molar-refractivity contribution in [2.75, 3.05) is 5.73 Å². The van der Waals surface area contributed by atoms with Crippen molar-refractivity contribution < 1.29 is 4.39 Å². The monoisotopic (exact) mass is 293 g/mol. The molecule has 1 aliphatic rings. The van der Waals surface area contributed by atoms with Crippen molar-refractivity contribution in [1.29, 1.82) is 0 Å². The van der Waals surface area contributed by atoms with Crippen molar-refractivity contribution in [3.05, 3.63) is 34.9 Å². The van der Waals surface area contributed by atoms with E-state index in [0.717, 1.165) is 18.7 Å². The van der Waals surface area contributed by atoms with E-state index in [1.165, 1.54) is 12.1 Å². The molecule has 0 amide bonds. The number of benzene rings is 1. The van der Waals surface area contributed by atoms with Crippen LogP contribution in [-0.2, 0) is 0 Å². The molecule has 0 bridgehead atoms. The number of nitrogens with two attached hydrogens (primary N) is 1. The Hall–Kier alpha value is -1.55. The van der Waals surface area contributed by atoms with Gasteiger partial charge in [-0.05, 0) is 44.9 Å². The number of hydrogen-bond acceptors (Lipinski definition) is 2. The molecule has 1 aromatic heterocycles. The summed E-state index contributed by atoms with van der Waals surface area (Å²) in [5.74, 6) is 1.70. The fourth-order valence-electron chi connectivity index (χ4n) is 2.54. The van der Waals surface area contributed by atoms with Gasteiger partial charge in [-0.15, -0.1) is 0 Å². The lowest BCUT2D eigenvalue weighted by Crippen LogP contribution is -2.08. The van der Waals surface area contributed by atoms with Crippen LogP contribution in [0.2, 0.25) is 5.02 Å². The number of anilines is 1. The number of imidazole rings is 1. The van der Waals surface area contributed by atoms with Crippen molar-refractivity contribution in [3.8, 4) is 11.3 Å². The molecule has 0 saturated heterocycles. The molecular formula is C15H17ClFN3. The number of nitrogen functional groups attached to an aromatic ring is 1. The lowest BCUT2D eigenvalue weighted by molar-refractivity contribution is 0.576. The number of nitrogens with zero attached hydrogens (tertiary/aromatic N) is 2. The maximum Gasteiger partial charge on any atom is 0.131 e. The van der Waals surface area contributed by atoms with Crippen LogP contribution in [0.4, 0.5) is 10.2 Å². The molecule has 3 rings (SSSR count). The number of aromatic nitrogens is 2. The second-order valence-corrected chi connectivity index (χ2v) is 6.04. The second kappa shape index (κ2) is 4.77. The third-order valence-corrected chi connectivity index (χ3v) is 3.79. The predicted octanol–water partition coefficient (Wildman–Crippen LogP) is 4.38. The molecule has 0 radical (unpaired) electrons. The zero-order chi connectivity index (χ0) is 14.4. The van der Waals surface area contributed by atoms with Crippen LogP contribution in [0.25, 0.3) is 11.3 Å². The summed E-state index contributed by atoms with van der Waals surface area (Å²) in [6.07, 6.45) is 2.29. The smallest absolute Gasteiger partial charge is 0.131 e. The van der Waals surface area contributed by atoms with Crippen LogP contribution < -0.4 is 5.73 Å². The molecule has 0 unspecified atom stereocenters. The molecule has 1 aliphatic carbocycles. The van der Waals surface area contributed by atoms with E-state index in [0.29, 0.717) is 28.0 Å². The highest BCUT2D eigenvalue weighted by Gasteiger charge is 2.31. The summed E-state index contributed by atoms with van der Waals surface area (Å²) in [5.41, 5.74) is 7.50. The average Bonchev–Trinajstić information content (AvgIpc) is 3.11. The Bertz CT molecular complexity index is 639. The number of hydrogen-bond donors (Lipinski definition) is 1. The van der Waals surface area contributed by atoms with E-state index in [1.807, 2.05) is 4.57 Å². The molecule has 0 aliphatic heterocycles. The summed E-state index contributed by atoms with van der Waals surface area (Å²) in [4.78, 5) is 4.66. The molecular weight excluding hydrogens is 277 g/mol. The van der Waals surface area contributed by atoms with Crippen molar-refractivity contribution in [1.82, 2.24) is 9.55 Å². The highest BCUT2D eigenvalue weighted by atomic mass is 35.5. The fourth-order valence-corrected chi connectivity index (χ4v) is 2.76. The first-order valence-electron chi connectivity index (χ1n) is 6.81. The van der Waals surface area contributed by atoms with Crippen LogP contribution >= 0.6 is 11.6 Å². The van der Waals surface area contributed by atoms with E-state index in [1.54, 1.807) is 6.07 Å². The fraction of sp³-hybridized carbons (Fsp3) is 0.400. The topological polar surface area (TPSA) is 43.8 Å². The zero-order valence-corrected chi connectivity index (χ0v) is 12.3. The number of rotatable bonds is 3. The van der Waals surface area contributed by atoms with Gasteiger partial charge >= 0.3 is 0 Å². The minimum absolute atomic E-state index is 0.232. The molecule has 0 spiro atoms. The molecule has 1 aromatic carbocycles. The molecule has 3 nitrogen and oxygen atoms in total. The van der Waals surface area contributed by atoms with Crippen LogP contribution in [0.1, 0.15) is 44.5 Å². The lowest BCUT2D eigenvalue weighted by Gasteiger charge is -2.13. The van der Waals surface area contributed by atoms with Gasteiger partial charge in [0.25, 0.3) is 0 Å². The molecule has 1 fully saturated rings. The Balaban J connectivity index is 2.16. The maximum absolute atomic E-state index is 13.5. The minimum atomic E-state index is -0.376. The Morgan fingerprint density at radius 2 is 2.05 bits per heavy atom. The molecule has 1 heterocycles. The van der Waals surface area contributed by atoms with Gasteiger partial charge in [-0.1, -0.05) is 11.6 Å². The molecule has 1 saturated carbocycles. The quantitative estimate of drug-likeness (QED) is 0.912. The molecule has 5 heteroatoms. The third-order valence-electron chi connectivity index (χ3n) is 3.57. The summed E-state index contributed by atoms with van der Waals surface area (Å²) in [6, 6.07) is 4.63. The van der Waals surface area contributed by atoms with E-state index >= 15 is 0 Å². The molecule has 106 valence electrons. The van der Waals surface area contributed by atoms with E-state index in [4.69, 9.17) is 17.3 Å². The van der Waals surface area contributed by atoms with E-state index in [9.17, 15) is 4.39 Å². The number of halogens is 2. The summed E-state index contributed by atoms with van der Waals surface area (Å²) in [5, 5.41) is 0.353. The van der Waals surface area contributed by atoms with Gasteiger partial charge in [-0.3, -0.25) is 0 Å². The second-order valence-electron chi connectivity index (χ2n) is 5.60. The molecule has 0 atom stereocenters. The first-order chi connectivity index (χ1) is 9.47. The van der Waals surface area contributed by atoms with Crippen molar-refractivity contribution in [2.24, 2.45) is 0 Å². The van der Waals surface area contributed by atoms with Gasteiger partial charge in [0, 0.05) is 22.5 Å². The highest BCUT2D eigenvalue weighted by Crippen LogP contribution is 2.43. The Kier molecular flexibility index (Phi) is 3.21. The van der Waals surface area contributed by atoms with E-state index < -0.39 is 0 Å². The first kappa shape index (κ1) is 13.4. The van der Waals surface area contributed by atoms with Crippen molar-refractivity contribution in [3.63, 3.8) is 0 Å². The Morgan fingerprint density at radius 1 is 1.35 bits per heavy atom. The SMILES string of the molecule is CC(C)n1c(C2CC2)nc(-c2cc(F)cc(Cl)c2)c1N. The van der Waals surface area contributed by atoms with Gasteiger partial charge in [0.1, 0.15) is 23.2 Å². The van der Waals surface area contributed by atoms with Gasteiger partial charge in [-0.25, -0.2) is 9.37 Å². The van der Waals surface area contributed by atoms with Crippen molar-refractivity contribution >= 4 is 17.4 Å². The van der Waals surface area contributed by atoms with E-state index in [2.05, 4.69) is 18.8 Å². The normalized spacial score (nSPS) is 15.1. The summed E-state index contributed by atoms with van der Waals surface area (Å²) >= 11 is 5.92. The van der Waals surface area contributed by atoms with Crippen LogP contribution in [0.5, 0.6) is 0 Å². The summed E-state index contributed by atoms with van der Waals surface area (Å²) < 4.78 is 15.6. The maximum atomic E-state index is 13.5. The van der Waals surface area contributed by atoms with Crippen molar-refractivity contribution in [2.45, 2.75) is 38.6 Å². The Labute approximate surface area is 122 Å². The summed E-state index contributed by atoms with van der Waals surface area (Å²) in [7, 11) is 0. The third kappa shape index (κ3) is 2.29. The van der Waals surface area contributed by atoms with E-state index in [-0.39, 0.29) is 11.9 Å². The lowest BCUT2D eigenvalue weighted by atomic mass is 10.1. The predicted molar refractivity (Wildman–Crippen MR) is 79.4 cm³/mol. The van der Waals surface area contributed by atoms with Crippen LogP contribution in [0.3, 0.4) is 0 Å². The van der Waals surface area contributed by atoms with Crippen LogP contribution in [0.15, 0.2) is 18.2 Å². The molecule has 2 aromatic rings. The van der Waals surface area contributed by atoms with Gasteiger partial charge in [0.05, 0.1) is 0 Å². The van der Waals surface area contributed by atoms with Gasteiger partial charge in [0.15, 0.2) is 0 Å². The summed E-state index contributed by atoms with van der Waals surface area (Å²) in [6.45, 7) is 4.15. The van der Waals surface area contributed by atoms with Gasteiger partial charge in [-0.2, -0.15) is 0 Å².